The molecule has 0 amide bonds. The molecule has 0 bridgehead atoms. The zero-order chi connectivity index (χ0) is 13.2. The van der Waals surface area contributed by atoms with Crippen molar-refractivity contribution >= 4 is 11.6 Å². The summed E-state index contributed by atoms with van der Waals surface area (Å²) >= 11 is 6.07. The van der Waals surface area contributed by atoms with Gasteiger partial charge in [0.05, 0.1) is 18.2 Å². The van der Waals surface area contributed by atoms with Gasteiger partial charge in [0.2, 0.25) is 0 Å². The van der Waals surface area contributed by atoms with Gasteiger partial charge in [0.25, 0.3) is 0 Å². The summed E-state index contributed by atoms with van der Waals surface area (Å²) in [6.45, 7) is 6.17. The molecule has 0 aliphatic heterocycles. The van der Waals surface area contributed by atoms with Gasteiger partial charge in [-0.05, 0) is 30.2 Å². The maximum absolute atomic E-state index is 10.3. The number of rotatable bonds is 4. The summed E-state index contributed by atoms with van der Waals surface area (Å²) in [6.07, 6.45) is -0.643. The highest BCUT2D eigenvalue weighted by Gasteiger charge is 2.29. The highest BCUT2D eigenvalue weighted by Crippen LogP contribution is 2.37. The number of hydrogen-bond acceptors (Lipinski definition) is 3. The van der Waals surface area contributed by atoms with Crippen molar-refractivity contribution in [3.8, 4) is 5.75 Å². The maximum atomic E-state index is 10.3. The van der Waals surface area contributed by atoms with Gasteiger partial charge in [-0.25, -0.2) is 0 Å². The van der Waals surface area contributed by atoms with Gasteiger partial charge in [-0.2, -0.15) is 0 Å². The monoisotopic (exact) mass is 257 g/mol. The lowest BCUT2D eigenvalue weighted by Crippen LogP contribution is -2.31. The SMILES string of the molecule is COc1cc(C)c(C(O)C(C)(C)CN)cc1Cl. The molecule has 0 spiro atoms. The van der Waals surface area contributed by atoms with Gasteiger partial charge in [0.1, 0.15) is 5.75 Å². The highest BCUT2D eigenvalue weighted by atomic mass is 35.5. The van der Waals surface area contributed by atoms with Crippen LogP contribution in [0.5, 0.6) is 5.75 Å². The molecule has 0 saturated carbocycles. The lowest BCUT2D eigenvalue weighted by atomic mass is 9.81. The zero-order valence-corrected chi connectivity index (χ0v) is 11.5. The molecule has 4 heteroatoms. The van der Waals surface area contributed by atoms with Crippen LogP contribution in [0.4, 0.5) is 0 Å². The Morgan fingerprint density at radius 2 is 2.06 bits per heavy atom. The van der Waals surface area contributed by atoms with Gasteiger partial charge in [-0.1, -0.05) is 25.4 Å². The van der Waals surface area contributed by atoms with Crippen molar-refractivity contribution in [2.75, 3.05) is 13.7 Å². The molecule has 0 fully saturated rings. The first-order valence-electron chi connectivity index (χ1n) is 5.55. The topological polar surface area (TPSA) is 55.5 Å². The van der Waals surface area contributed by atoms with Crippen LogP contribution in [0.15, 0.2) is 12.1 Å². The zero-order valence-electron chi connectivity index (χ0n) is 10.7. The molecule has 3 nitrogen and oxygen atoms in total. The van der Waals surface area contributed by atoms with E-state index >= 15 is 0 Å². The molecule has 0 saturated heterocycles. The van der Waals surface area contributed by atoms with Crippen molar-refractivity contribution in [1.82, 2.24) is 0 Å². The van der Waals surface area contributed by atoms with Crippen LogP contribution in [0.25, 0.3) is 0 Å². The fraction of sp³-hybridized carbons (Fsp3) is 0.538. The lowest BCUT2D eigenvalue weighted by molar-refractivity contribution is 0.0549. The fourth-order valence-electron chi connectivity index (χ4n) is 1.65. The Kier molecular flexibility index (Phi) is 4.42. The molecule has 0 heterocycles. The molecule has 1 rings (SSSR count). The van der Waals surface area contributed by atoms with Crippen molar-refractivity contribution in [3.05, 3.63) is 28.3 Å². The van der Waals surface area contributed by atoms with Crippen molar-refractivity contribution in [2.45, 2.75) is 26.9 Å². The number of benzene rings is 1. The molecule has 0 aliphatic carbocycles. The van der Waals surface area contributed by atoms with E-state index in [1.807, 2.05) is 26.8 Å². The molecule has 0 aromatic heterocycles. The van der Waals surface area contributed by atoms with Crippen LogP contribution in [0.2, 0.25) is 5.02 Å². The third-order valence-electron chi connectivity index (χ3n) is 3.10. The number of halogens is 1. The van der Waals surface area contributed by atoms with Gasteiger partial charge < -0.3 is 15.6 Å². The van der Waals surface area contributed by atoms with Gasteiger partial charge in [0.15, 0.2) is 0 Å². The molecule has 96 valence electrons. The maximum Gasteiger partial charge on any atom is 0.137 e. The molecule has 1 atom stereocenters. The number of aliphatic hydroxyl groups excluding tert-OH is 1. The van der Waals surface area contributed by atoms with E-state index in [2.05, 4.69) is 0 Å². The molecule has 17 heavy (non-hydrogen) atoms. The molecular formula is C13H20ClNO2. The predicted molar refractivity (Wildman–Crippen MR) is 70.5 cm³/mol. The number of hydrogen-bond donors (Lipinski definition) is 2. The minimum Gasteiger partial charge on any atom is -0.495 e. The second-order valence-electron chi connectivity index (χ2n) is 4.94. The fourth-order valence-corrected chi connectivity index (χ4v) is 1.90. The van der Waals surface area contributed by atoms with E-state index in [0.717, 1.165) is 11.1 Å². The van der Waals surface area contributed by atoms with E-state index in [0.29, 0.717) is 17.3 Å². The number of methoxy groups -OCH3 is 1. The van der Waals surface area contributed by atoms with Crippen molar-refractivity contribution in [2.24, 2.45) is 11.1 Å². The van der Waals surface area contributed by atoms with E-state index in [1.165, 1.54) is 0 Å². The summed E-state index contributed by atoms with van der Waals surface area (Å²) in [5, 5.41) is 10.8. The van der Waals surface area contributed by atoms with Crippen LogP contribution in [-0.4, -0.2) is 18.8 Å². The Hall–Kier alpha value is -0.770. The Bertz CT molecular complexity index is 405. The Balaban J connectivity index is 3.19. The first-order valence-corrected chi connectivity index (χ1v) is 5.93. The Labute approximate surface area is 108 Å². The van der Waals surface area contributed by atoms with Gasteiger partial charge in [-0.15, -0.1) is 0 Å². The molecule has 3 N–H and O–H groups in total. The van der Waals surface area contributed by atoms with E-state index < -0.39 is 6.10 Å². The number of ether oxygens (including phenoxy) is 1. The predicted octanol–water partition coefficient (Wildman–Crippen LogP) is 2.68. The average Bonchev–Trinajstić information content (AvgIpc) is 2.30. The van der Waals surface area contributed by atoms with E-state index in [-0.39, 0.29) is 5.41 Å². The molecule has 1 aromatic carbocycles. The summed E-state index contributed by atoms with van der Waals surface area (Å²) in [4.78, 5) is 0. The van der Waals surface area contributed by atoms with Gasteiger partial charge >= 0.3 is 0 Å². The quantitative estimate of drug-likeness (QED) is 0.872. The van der Waals surface area contributed by atoms with Crippen LogP contribution in [0.1, 0.15) is 31.1 Å². The summed E-state index contributed by atoms with van der Waals surface area (Å²) in [5.41, 5.74) is 7.03. The largest absolute Gasteiger partial charge is 0.495 e. The highest BCUT2D eigenvalue weighted by molar-refractivity contribution is 6.32. The van der Waals surface area contributed by atoms with Crippen molar-refractivity contribution in [1.29, 1.82) is 0 Å². The first-order chi connectivity index (χ1) is 7.83. The summed E-state index contributed by atoms with van der Waals surface area (Å²) < 4.78 is 5.13. The number of aryl methyl sites for hydroxylation is 1. The Morgan fingerprint density at radius 1 is 1.47 bits per heavy atom. The van der Waals surface area contributed by atoms with Crippen molar-refractivity contribution < 1.29 is 9.84 Å². The van der Waals surface area contributed by atoms with Crippen LogP contribution >= 0.6 is 11.6 Å². The average molecular weight is 258 g/mol. The molecule has 0 radical (unpaired) electrons. The van der Waals surface area contributed by atoms with Crippen LogP contribution in [0.3, 0.4) is 0 Å². The third kappa shape index (κ3) is 2.92. The molecule has 1 aromatic rings. The molecule has 1 unspecified atom stereocenters. The third-order valence-corrected chi connectivity index (χ3v) is 3.40. The minimum atomic E-state index is -0.643. The second kappa shape index (κ2) is 5.25. The van der Waals surface area contributed by atoms with Crippen LogP contribution in [-0.2, 0) is 0 Å². The summed E-state index contributed by atoms with van der Waals surface area (Å²) in [5.74, 6) is 0.616. The van der Waals surface area contributed by atoms with Gasteiger partial charge in [-0.3, -0.25) is 0 Å². The number of aliphatic hydroxyl groups is 1. The van der Waals surface area contributed by atoms with Crippen molar-refractivity contribution in [3.63, 3.8) is 0 Å². The van der Waals surface area contributed by atoms with E-state index in [9.17, 15) is 5.11 Å². The normalized spacial score (nSPS) is 13.6. The van der Waals surface area contributed by atoms with Crippen LogP contribution < -0.4 is 10.5 Å². The smallest absolute Gasteiger partial charge is 0.137 e. The lowest BCUT2D eigenvalue weighted by Gasteiger charge is -2.30. The summed E-state index contributed by atoms with van der Waals surface area (Å²) in [7, 11) is 1.57. The van der Waals surface area contributed by atoms with Gasteiger partial charge in [0, 0.05) is 12.0 Å². The van der Waals surface area contributed by atoms with Crippen LogP contribution in [0, 0.1) is 12.3 Å². The molecule has 0 aliphatic rings. The van der Waals surface area contributed by atoms with E-state index in [1.54, 1.807) is 13.2 Å². The molecular weight excluding hydrogens is 238 g/mol. The van der Waals surface area contributed by atoms with E-state index in [4.69, 9.17) is 22.1 Å². The first kappa shape index (κ1) is 14.3. The Morgan fingerprint density at radius 3 is 2.53 bits per heavy atom. The second-order valence-corrected chi connectivity index (χ2v) is 5.35. The standard InChI is InChI=1S/C13H20ClNO2/c1-8-5-11(17-4)10(14)6-9(8)12(16)13(2,3)7-15/h5-6,12,16H,7,15H2,1-4H3. The summed E-state index contributed by atoms with van der Waals surface area (Å²) in [6, 6.07) is 3.57. The number of nitrogens with two attached hydrogens (primary N) is 1. The minimum absolute atomic E-state index is 0.386.